The minimum absolute atomic E-state index is 0.134. The third-order valence-electron chi connectivity index (χ3n) is 3.41. The summed E-state index contributed by atoms with van der Waals surface area (Å²) in [5, 5.41) is 2.85. The molecule has 0 unspecified atom stereocenters. The average Bonchev–Trinajstić information content (AvgIpc) is 2.46. The summed E-state index contributed by atoms with van der Waals surface area (Å²) in [5.41, 5.74) is 2.14. The fraction of sp³-hybridized carbons (Fsp3) is 0.353. The number of carbonyl (C=O) groups excluding carboxylic acids is 1. The number of hydrogen-bond acceptors (Lipinski definition) is 1. The van der Waals surface area contributed by atoms with Gasteiger partial charge in [-0.3, -0.25) is 4.79 Å². The zero-order valence-corrected chi connectivity index (χ0v) is 11.6. The van der Waals surface area contributed by atoms with Crippen molar-refractivity contribution in [2.24, 2.45) is 0 Å². The van der Waals surface area contributed by atoms with Gasteiger partial charge in [-0.2, -0.15) is 0 Å². The van der Waals surface area contributed by atoms with E-state index in [4.69, 9.17) is 0 Å². The SMILES string of the molecule is O=C(/C=C/c1cccc(F)c1)NCCC1=CCCCC1. The smallest absolute Gasteiger partial charge is 0.244 e. The quantitative estimate of drug-likeness (QED) is 0.641. The van der Waals surface area contributed by atoms with E-state index in [1.165, 1.54) is 43.0 Å². The van der Waals surface area contributed by atoms with E-state index in [1.807, 2.05) is 0 Å². The van der Waals surface area contributed by atoms with Gasteiger partial charge in [0.2, 0.25) is 5.91 Å². The lowest BCUT2D eigenvalue weighted by Crippen LogP contribution is -2.22. The van der Waals surface area contributed by atoms with Gasteiger partial charge in [0, 0.05) is 12.6 Å². The summed E-state index contributed by atoms with van der Waals surface area (Å²) in [6.45, 7) is 0.665. The molecule has 0 aromatic heterocycles. The van der Waals surface area contributed by atoms with Gasteiger partial charge in [0.1, 0.15) is 5.82 Å². The number of allylic oxidation sites excluding steroid dienone is 1. The fourth-order valence-corrected chi connectivity index (χ4v) is 2.32. The lowest BCUT2D eigenvalue weighted by Gasteiger charge is -2.12. The molecule has 1 amide bonds. The van der Waals surface area contributed by atoms with Gasteiger partial charge in [0.25, 0.3) is 0 Å². The second-order valence-electron chi connectivity index (χ2n) is 5.04. The number of benzene rings is 1. The van der Waals surface area contributed by atoms with Crippen LogP contribution in [0.25, 0.3) is 6.08 Å². The molecule has 1 N–H and O–H groups in total. The summed E-state index contributed by atoms with van der Waals surface area (Å²) in [4.78, 5) is 11.6. The van der Waals surface area contributed by atoms with Crippen LogP contribution < -0.4 is 5.32 Å². The molecule has 0 spiro atoms. The topological polar surface area (TPSA) is 29.1 Å². The van der Waals surface area contributed by atoms with Gasteiger partial charge in [0.05, 0.1) is 0 Å². The Labute approximate surface area is 119 Å². The molecule has 3 heteroatoms. The van der Waals surface area contributed by atoms with Crippen molar-refractivity contribution in [2.45, 2.75) is 32.1 Å². The van der Waals surface area contributed by atoms with E-state index in [1.54, 1.807) is 18.2 Å². The average molecular weight is 273 g/mol. The first kappa shape index (κ1) is 14.5. The predicted molar refractivity (Wildman–Crippen MR) is 79.6 cm³/mol. The van der Waals surface area contributed by atoms with E-state index < -0.39 is 0 Å². The molecule has 2 nitrogen and oxygen atoms in total. The Balaban J connectivity index is 1.73. The third kappa shape index (κ3) is 5.00. The Kier molecular flexibility index (Phi) is 5.54. The summed E-state index contributed by atoms with van der Waals surface area (Å²) in [5.74, 6) is -0.428. The highest BCUT2D eigenvalue weighted by atomic mass is 19.1. The van der Waals surface area contributed by atoms with Crippen molar-refractivity contribution in [1.29, 1.82) is 0 Å². The predicted octanol–water partition coefficient (Wildman–Crippen LogP) is 3.85. The van der Waals surface area contributed by atoms with Gasteiger partial charge in [-0.1, -0.05) is 23.8 Å². The summed E-state index contributed by atoms with van der Waals surface area (Å²) in [6.07, 6.45) is 11.2. The minimum atomic E-state index is -0.295. The van der Waals surface area contributed by atoms with Gasteiger partial charge in [-0.25, -0.2) is 4.39 Å². The van der Waals surface area contributed by atoms with Crippen LogP contribution in [0.4, 0.5) is 4.39 Å². The van der Waals surface area contributed by atoms with E-state index in [-0.39, 0.29) is 11.7 Å². The Hall–Kier alpha value is -1.90. The monoisotopic (exact) mass is 273 g/mol. The first-order chi connectivity index (χ1) is 9.74. The molecule has 0 aliphatic heterocycles. The largest absolute Gasteiger partial charge is 0.352 e. The highest BCUT2D eigenvalue weighted by molar-refractivity contribution is 5.91. The Morgan fingerprint density at radius 2 is 2.25 bits per heavy atom. The van der Waals surface area contributed by atoms with Gasteiger partial charge >= 0.3 is 0 Å². The van der Waals surface area contributed by atoms with Crippen molar-refractivity contribution < 1.29 is 9.18 Å². The van der Waals surface area contributed by atoms with E-state index in [0.29, 0.717) is 12.1 Å². The Morgan fingerprint density at radius 1 is 1.35 bits per heavy atom. The molecule has 0 heterocycles. The van der Waals surface area contributed by atoms with E-state index in [9.17, 15) is 9.18 Å². The molecular formula is C17H20FNO. The van der Waals surface area contributed by atoms with Gasteiger partial charge in [-0.15, -0.1) is 0 Å². The summed E-state index contributed by atoms with van der Waals surface area (Å²) in [7, 11) is 0. The molecule has 0 fully saturated rings. The summed E-state index contributed by atoms with van der Waals surface area (Å²) in [6, 6.07) is 6.17. The van der Waals surface area contributed by atoms with Crippen LogP contribution in [0.1, 0.15) is 37.7 Å². The number of halogens is 1. The maximum Gasteiger partial charge on any atom is 0.244 e. The third-order valence-corrected chi connectivity index (χ3v) is 3.41. The molecule has 0 atom stereocenters. The van der Waals surface area contributed by atoms with Crippen molar-refractivity contribution in [3.63, 3.8) is 0 Å². The van der Waals surface area contributed by atoms with Crippen LogP contribution in [-0.2, 0) is 4.79 Å². The van der Waals surface area contributed by atoms with Gasteiger partial charge < -0.3 is 5.32 Å². The number of nitrogens with one attached hydrogen (secondary N) is 1. The molecule has 2 rings (SSSR count). The maximum absolute atomic E-state index is 13.0. The molecule has 1 aromatic rings. The first-order valence-electron chi connectivity index (χ1n) is 7.13. The second kappa shape index (κ2) is 7.63. The molecule has 0 saturated carbocycles. The van der Waals surface area contributed by atoms with Crippen LogP contribution in [0, 0.1) is 5.82 Å². The van der Waals surface area contributed by atoms with E-state index in [2.05, 4.69) is 11.4 Å². The van der Waals surface area contributed by atoms with Crippen LogP contribution >= 0.6 is 0 Å². The number of amides is 1. The minimum Gasteiger partial charge on any atom is -0.352 e. The standard InChI is InChI=1S/C17H20FNO/c18-16-8-4-7-15(13-16)9-10-17(20)19-12-11-14-5-2-1-3-6-14/h4-5,7-10,13H,1-3,6,11-12H2,(H,19,20)/b10-9+. The molecule has 0 bridgehead atoms. The lowest BCUT2D eigenvalue weighted by atomic mass is 9.97. The molecule has 1 aliphatic carbocycles. The van der Waals surface area contributed by atoms with Crippen molar-refractivity contribution in [1.82, 2.24) is 5.32 Å². The zero-order chi connectivity index (χ0) is 14.2. The Morgan fingerprint density at radius 3 is 3.00 bits per heavy atom. The van der Waals surface area contributed by atoms with Crippen molar-refractivity contribution in [3.8, 4) is 0 Å². The van der Waals surface area contributed by atoms with Crippen LogP contribution in [0.15, 0.2) is 42.0 Å². The van der Waals surface area contributed by atoms with E-state index >= 15 is 0 Å². The highest BCUT2D eigenvalue weighted by Crippen LogP contribution is 2.19. The summed E-state index contributed by atoms with van der Waals surface area (Å²) >= 11 is 0. The molecular weight excluding hydrogens is 253 g/mol. The van der Waals surface area contributed by atoms with Crippen molar-refractivity contribution in [2.75, 3.05) is 6.54 Å². The number of hydrogen-bond donors (Lipinski definition) is 1. The molecule has 0 saturated heterocycles. The first-order valence-corrected chi connectivity index (χ1v) is 7.13. The van der Waals surface area contributed by atoms with Gasteiger partial charge in [0.15, 0.2) is 0 Å². The lowest BCUT2D eigenvalue weighted by molar-refractivity contribution is -0.116. The van der Waals surface area contributed by atoms with Crippen molar-refractivity contribution in [3.05, 3.63) is 53.4 Å². The van der Waals surface area contributed by atoms with Crippen LogP contribution in [0.3, 0.4) is 0 Å². The molecule has 20 heavy (non-hydrogen) atoms. The fourth-order valence-electron chi connectivity index (χ4n) is 2.32. The number of rotatable bonds is 5. The van der Waals surface area contributed by atoms with Crippen LogP contribution in [-0.4, -0.2) is 12.5 Å². The molecule has 0 radical (unpaired) electrons. The van der Waals surface area contributed by atoms with Gasteiger partial charge in [-0.05, 0) is 55.9 Å². The van der Waals surface area contributed by atoms with Crippen molar-refractivity contribution >= 4 is 12.0 Å². The molecule has 1 aromatic carbocycles. The molecule has 1 aliphatic rings. The maximum atomic E-state index is 13.0. The molecule has 106 valence electrons. The highest BCUT2D eigenvalue weighted by Gasteiger charge is 2.03. The second-order valence-corrected chi connectivity index (χ2v) is 5.04. The van der Waals surface area contributed by atoms with Crippen LogP contribution in [0.5, 0.6) is 0 Å². The van der Waals surface area contributed by atoms with Crippen LogP contribution in [0.2, 0.25) is 0 Å². The number of carbonyl (C=O) groups is 1. The summed E-state index contributed by atoms with van der Waals surface area (Å²) < 4.78 is 13.0. The zero-order valence-electron chi connectivity index (χ0n) is 11.6. The Bertz CT molecular complexity index is 519. The normalized spacial score (nSPS) is 15.2. The van der Waals surface area contributed by atoms with E-state index in [0.717, 1.165) is 12.8 Å².